The molecule has 1 saturated carbocycles. The highest BCUT2D eigenvalue weighted by molar-refractivity contribution is 6.03. The van der Waals surface area contributed by atoms with Crippen molar-refractivity contribution in [2.24, 2.45) is 5.41 Å². The van der Waals surface area contributed by atoms with E-state index in [0.29, 0.717) is 29.7 Å². The first-order chi connectivity index (χ1) is 17.8. The van der Waals surface area contributed by atoms with Gasteiger partial charge in [-0.05, 0) is 54.7 Å². The summed E-state index contributed by atoms with van der Waals surface area (Å²) < 4.78 is 36.0. The average molecular weight is 503 g/mol. The van der Waals surface area contributed by atoms with E-state index >= 15 is 4.39 Å². The van der Waals surface area contributed by atoms with Gasteiger partial charge in [0.1, 0.15) is 28.6 Å². The first-order valence-corrected chi connectivity index (χ1v) is 12.1. The summed E-state index contributed by atoms with van der Waals surface area (Å²) in [6, 6.07) is 5.44. The Kier molecular flexibility index (Phi) is 5.39. The van der Waals surface area contributed by atoms with Gasteiger partial charge in [-0.25, -0.2) is 8.78 Å². The van der Waals surface area contributed by atoms with Crippen molar-refractivity contribution in [2.45, 2.75) is 31.8 Å². The lowest BCUT2D eigenvalue weighted by Crippen LogP contribution is -2.49. The Morgan fingerprint density at radius 3 is 2.59 bits per heavy atom. The van der Waals surface area contributed by atoms with Crippen LogP contribution >= 0.6 is 0 Å². The number of nitrogens with zero attached hydrogens (tertiary/aromatic N) is 4. The second-order valence-corrected chi connectivity index (χ2v) is 9.92. The van der Waals surface area contributed by atoms with Gasteiger partial charge in [0, 0.05) is 30.2 Å². The van der Waals surface area contributed by atoms with Crippen molar-refractivity contribution in [3.8, 4) is 35.4 Å². The summed E-state index contributed by atoms with van der Waals surface area (Å²) in [7, 11) is 1.41. The molecule has 6 rings (SSSR count). The number of hydrogen-bond donors (Lipinski definition) is 2. The molecule has 188 valence electrons. The number of benzene rings is 2. The van der Waals surface area contributed by atoms with Gasteiger partial charge in [-0.3, -0.25) is 4.98 Å². The maximum Gasteiger partial charge on any atom is 0.318 e. The number of phenolic OH excluding ortho intramolecular Hbond substituents is 1. The minimum atomic E-state index is -0.755. The van der Waals surface area contributed by atoms with Gasteiger partial charge in [0.25, 0.3) is 0 Å². The van der Waals surface area contributed by atoms with Crippen LogP contribution in [0.2, 0.25) is 0 Å². The molecule has 1 saturated heterocycles. The molecule has 2 aliphatic rings. The summed E-state index contributed by atoms with van der Waals surface area (Å²) in [4.78, 5) is 15.3. The Balaban J connectivity index is 1.50. The van der Waals surface area contributed by atoms with Crippen LogP contribution in [0.1, 0.15) is 31.2 Å². The molecular weight excluding hydrogens is 478 g/mol. The van der Waals surface area contributed by atoms with E-state index in [1.807, 2.05) is 0 Å². The maximum atomic E-state index is 16.2. The highest BCUT2D eigenvalue weighted by Crippen LogP contribution is 2.50. The molecule has 2 aromatic carbocycles. The normalized spacial score (nSPS) is 17.2. The lowest BCUT2D eigenvalue weighted by Gasteiger charge is -2.50. The molecule has 0 amide bonds. The summed E-state index contributed by atoms with van der Waals surface area (Å²) in [5.74, 6) is 1.34. The fourth-order valence-corrected chi connectivity index (χ4v) is 5.84. The number of anilines is 1. The van der Waals surface area contributed by atoms with E-state index in [1.165, 1.54) is 37.6 Å². The Hall–Kier alpha value is -4.03. The maximum absolute atomic E-state index is 16.2. The monoisotopic (exact) mass is 502 g/mol. The first kappa shape index (κ1) is 23.4. The van der Waals surface area contributed by atoms with Crippen LogP contribution in [-0.4, -0.2) is 51.5 Å². The fraction of sp³-hybridized carbons (Fsp3) is 0.321. The van der Waals surface area contributed by atoms with Crippen molar-refractivity contribution in [2.75, 3.05) is 25.1 Å². The number of aliphatic hydroxyl groups is 1. The number of aromatic nitrogens is 3. The number of phenols is 1. The number of terminal acetylenes is 1. The third kappa shape index (κ3) is 3.71. The molecule has 2 fully saturated rings. The summed E-state index contributed by atoms with van der Waals surface area (Å²) in [5, 5.41) is 21.3. The van der Waals surface area contributed by atoms with Crippen LogP contribution in [0.25, 0.3) is 32.9 Å². The highest BCUT2D eigenvalue weighted by atomic mass is 19.1. The van der Waals surface area contributed by atoms with E-state index < -0.39 is 11.6 Å². The number of ether oxygens (including phenoxy) is 1. The van der Waals surface area contributed by atoms with Crippen LogP contribution in [0.4, 0.5) is 14.6 Å². The number of methoxy groups -OCH3 is 1. The molecular formula is C28H24F2N4O3. The van der Waals surface area contributed by atoms with E-state index in [9.17, 15) is 14.6 Å². The summed E-state index contributed by atoms with van der Waals surface area (Å²) in [6.07, 6.45) is 10.3. The van der Waals surface area contributed by atoms with Crippen molar-refractivity contribution in [3.05, 3.63) is 47.7 Å². The van der Waals surface area contributed by atoms with Crippen LogP contribution in [0, 0.1) is 29.4 Å². The number of piperidine rings is 1. The van der Waals surface area contributed by atoms with E-state index in [-0.39, 0.29) is 51.0 Å². The molecule has 3 heterocycles. The Labute approximate surface area is 211 Å². The highest BCUT2D eigenvalue weighted by Gasteiger charge is 2.45. The molecule has 1 aliphatic heterocycles. The van der Waals surface area contributed by atoms with Crippen LogP contribution < -0.4 is 9.64 Å². The lowest BCUT2D eigenvalue weighted by atomic mass is 9.61. The minimum absolute atomic E-state index is 0.00126. The van der Waals surface area contributed by atoms with Crippen molar-refractivity contribution in [3.63, 3.8) is 0 Å². The van der Waals surface area contributed by atoms with Gasteiger partial charge in [0.05, 0.1) is 24.2 Å². The largest absolute Gasteiger partial charge is 0.508 e. The number of halogens is 2. The summed E-state index contributed by atoms with van der Waals surface area (Å²) in [6.45, 7) is 1.40. The van der Waals surface area contributed by atoms with E-state index in [4.69, 9.17) is 11.2 Å². The Morgan fingerprint density at radius 1 is 1.16 bits per heavy atom. The van der Waals surface area contributed by atoms with Gasteiger partial charge in [-0.2, -0.15) is 9.97 Å². The smallest absolute Gasteiger partial charge is 0.318 e. The first-order valence-electron chi connectivity index (χ1n) is 12.1. The average Bonchev–Trinajstić information content (AvgIpc) is 2.88. The Bertz CT molecular complexity index is 1600. The van der Waals surface area contributed by atoms with E-state index in [2.05, 4.69) is 25.8 Å². The molecule has 37 heavy (non-hydrogen) atoms. The molecule has 2 N–H and O–H groups in total. The number of fused-ring (bicyclic) bond motifs is 2. The predicted molar refractivity (Wildman–Crippen MR) is 135 cm³/mol. The van der Waals surface area contributed by atoms with Gasteiger partial charge in [0.2, 0.25) is 0 Å². The van der Waals surface area contributed by atoms with Gasteiger partial charge >= 0.3 is 6.01 Å². The number of hydrogen-bond acceptors (Lipinski definition) is 7. The number of aromatic hydroxyl groups is 1. The third-order valence-electron chi connectivity index (χ3n) is 7.74. The molecule has 9 heteroatoms. The molecule has 0 unspecified atom stereocenters. The summed E-state index contributed by atoms with van der Waals surface area (Å²) in [5.41, 5.74) is 0.159. The Morgan fingerprint density at radius 2 is 1.92 bits per heavy atom. The molecule has 7 nitrogen and oxygen atoms in total. The van der Waals surface area contributed by atoms with Gasteiger partial charge in [0.15, 0.2) is 5.82 Å². The van der Waals surface area contributed by atoms with Crippen LogP contribution in [0.5, 0.6) is 11.8 Å². The fourth-order valence-electron chi connectivity index (χ4n) is 5.84. The topological polar surface area (TPSA) is 91.6 Å². The van der Waals surface area contributed by atoms with Gasteiger partial charge < -0.3 is 19.8 Å². The summed E-state index contributed by atoms with van der Waals surface area (Å²) >= 11 is 0. The van der Waals surface area contributed by atoms with Crippen LogP contribution in [0.3, 0.4) is 0 Å². The predicted octanol–water partition coefficient (Wildman–Crippen LogP) is 4.56. The number of pyridine rings is 1. The standard InChI is InChI=1S/C28H24F2N4O3/c1-3-18-21(29)5-4-15-10-16(35)11-19(22(15)18)24-23(30)25-20(14-31-24)26(33-27(32-25)37-2)34-8-6-28(7-9-34)12-17(36)13-28/h1,4-5,10-11,14,17,35-36H,6-9,12-13H2,2H3. The number of aliphatic hydroxyl groups excluding tert-OH is 1. The second-order valence-electron chi connectivity index (χ2n) is 9.92. The molecule has 1 spiro atoms. The molecule has 0 radical (unpaired) electrons. The molecule has 0 bridgehead atoms. The van der Waals surface area contributed by atoms with Gasteiger partial charge in [-0.15, -0.1) is 6.42 Å². The zero-order valence-corrected chi connectivity index (χ0v) is 20.1. The zero-order valence-electron chi connectivity index (χ0n) is 20.1. The van der Waals surface area contributed by atoms with Crippen LogP contribution in [0.15, 0.2) is 30.5 Å². The van der Waals surface area contributed by atoms with Crippen LogP contribution in [-0.2, 0) is 0 Å². The lowest BCUT2D eigenvalue weighted by molar-refractivity contribution is -0.0464. The van der Waals surface area contributed by atoms with E-state index in [1.54, 1.807) is 0 Å². The molecule has 4 aromatic rings. The number of rotatable bonds is 3. The molecule has 2 aromatic heterocycles. The zero-order chi connectivity index (χ0) is 25.9. The second kappa shape index (κ2) is 8.53. The van der Waals surface area contributed by atoms with Crippen molar-refractivity contribution in [1.29, 1.82) is 0 Å². The van der Waals surface area contributed by atoms with Crippen molar-refractivity contribution < 1.29 is 23.7 Å². The van der Waals surface area contributed by atoms with Crippen molar-refractivity contribution in [1.82, 2.24) is 15.0 Å². The van der Waals surface area contributed by atoms with Crippen molar-refractivity contribution >= 4 is 27.5 Å². The third-order valence-corrected chi connectivity index (χ3v) is 7.74. The van der Waals surface area contributed by atoms with Gasteiger partial charge in [-0.1, -0.05) is 12.0 Å². The minimum Gasteiger partial charge on any atom is -0.508 e. The van der Waals surface area contributed by atoms with E-state index in [0.717, 1.165) is 25.7 Å². The molecule has 1 aliphatic carbocycles. The quantitative estimate of drug-likeness (QED) is 0.397. The SMILES string of the molecule is C#Cc1c(F)ccc2cc(O)cc(-c3ncc4c(N5CCC6(CC5)CC(O)C6)nc(OC)nc4c3F)c12. The molecule has 0 atom stereocenters.